The molecular formula is C19H23ClN2O2. The van der Waals surface area contributed by atoms with Crippen molar-refractivity contribution < 1.29 is 9.21 Å². The average Bonchev–Trinajstić information content (AvgIpc) is 3.36. The second-order valence-corrected chi connectivity index (χ2v) is 7.52. The van der Waals surface area contributed by atoms with Gasteiger partial charge >= 0.3 is 0 Å². The van der Waals surface area contributed by atoms with Crippen molar-refractivity contribution in [3.8, 4) is 0 Å². The molecule has 2 fully saturated rings. The molecule has 1 saturated carbocycles. The number of aryl methyl sites for hydroxylation is 1. The Bertz CT molecular complexity index is 766. The summed E-state index contributed by atoms with van der Waals surface area (Å²) in [6, 6.07) is 5.50. The van der Waals surface area contributed by atoms with Crippen LogP contribution in [-0.2, 0) is 0 Å². The predicted octanol–water partition coefficient (Wildman–Crippen LogP) is 3.95. The number of hydrogen-bond acceptors (Lipinski definition) is 3. The van der Waals surface area contributed by atoms with E-state index in [0.29, 0.717) is 10.8 Å². The van der Waals surface area contributed by atoms with Crippen LogP contribution in [0.4, 0.5) is 0 Å². The fraction of sp³-hybridized carbons (Fsp3) is 0.526. The number of benzene rings is 1. The van der Waals surface area contributed by atoms with Gasteiger partial charge in [-0.2, -0.15) is 0 Å². The van der Waals surface area contributed by atoms with E-state index in [1.54, 1.807) is 6.07 Å². The first-order chi connectivity index (χ1) is 11.6. The van der Waals surface area contributed by atoms with Crippen LogP contribution in [0.2, 0.25) is 5.02 Å². The van der Waals surface area contributed by atoms with Crippen LogP contribution >= 0.6 is 11.6 Å². The molecule has 1 aromatic heterocycles. The Kier molecular flexibility index (Phi) is 4.27. The molecule has 4 nitrogen and oxygen atoms in total. The third-order valence-electron chi connectivity index (χ3n) is 5.18. The summed E-state index contributed by atoms with van der Waals surface area (Å²) in [7, 11) is 0. The zero-order valence-corrected chi connectivity index (χ0v) is 14.8. The maximum absolute atomic E-state index is 12.9. The van der Waals surface area contributed by atoms with E-state index in [9.17, 15) is 4.79 Å². The molecule has 1 amide bonds. The maximum Gasteiger partial charge on any atom is 0.289 e. The lowest BCUT2D eigenvalue weighted by molar-refractivity contribution is 0.0730. The fourth-order valence-electron chi connectivity index (χ4n) is 3.56. The van der Waals surface area contributed by atoms with Crippen molar-refractivity contribution in [3.05, 3.63) is 34.5 Å². The van der Waals surface area contributed by atoms with Gasteiger partial charge in [-0.15, -0.1) is 0 Å². The van der Waals surface area contributed by atoms with Gasteiger partial charge in [0.05, 0.1) is 0 Å². The molecule has 24 heavy (non-hydrogen) atoms. The molecular weight excluding hydrogens is 324 g/mol. The van der Waals surface area contributed by atoms with Gasteiger partial charge < -0.3 is 14.2 Å². The van der Waals surface area contributed by atoms with E-state index >= 15 is 0 Å². The van der Waals surface area contributed by atoms with E-state index in [-0.39, 0.29) is 5.91 Å². The molecule has 0 bridgehead atoms. The average molecular weight is 347 g/mol. The highest BCUT2D eigenvalue weighted by atomic mass is 35.5. The molecule has 2 heterocycles. The van der Waals surface area contributed by atoms with Crippen molar-refractivity contribution in [2.45, 2.75) is 26.2 Å². The highest BCUT2D eigenvalue weighted by Gasteiger charge is 2.28. The van der Waals surface area contributed by atoms with E-state index in [1.165, 1.54) is 19.4 Å². The van der Waals surface area contributed by atoms with Crippen molar-refractivity contribution in [1.82, 2.24) is 9.80 Å². The summed E-state index contributed by atoms with van der Waals surface area (Å²) in [5.74, 6) is 1.37. The van der Waals surface area contributed by atoms with Crippen LogP contribution in [0, 0.1) is 12.8 Å². The molecule has 5 heteroatoms. The summed E-state index contributed by atoms with van der Waals surface area (Å²) in [6.45, 7) is 6.78. The van der Waals surface area contributed by atoms with Gasteiger partial charge in [-0.25, -0.2) is 0 Å². The van der Waals surface area contributed by atoms with Crippen LogP contribution in [0.3, 0.4) is 0 Å². The molecule has 2 aliphatic rings. The molecule has 0 radical (unpaired) electrons. The summed E-state index contributed by atoms with van der Waals surface area (Å²) in [5.41, 5.74) is 1.61. The number of furan rings is 1. The third kappa shape index (κ3) is 3.17. The number of amides is 1. The van der Waals surface area contributed by atoms with E-state index < -0.39 is 0 Å². The van der Waals surface area contributed by atoms with Crippen LogP contribution in [0.1, 0.15) is 35.4 Å². The third-order valence-corrected chi connectivity index (χ3v) is 5.42. The smallest absolute Gasteiger partial charge is 0.289 e. The van der Waals surface area contributed by atoms with Crippen LogP contribution in [0.15, 0.2) is 22.6 Å². The molecule has 1 aliphatic heterocycles. The van der Waals surface area contributed by atoms with Gasteiger partial charge in [0.1, 0.15) is 5.58 Å². The van der Waals surface area contributed by atoms with Crippen molar-refractivity contribution in [1.29, 1.82) is 0 Å². The van der Waals surface area contributed by atoms with Gasteiger partial charge in [0.2, 0.25) is 0 Å². The standard InChI is InChI=1S/C19H23ClN2O2/c1-13-16-11-15(20)5-6-17(16)24-18(13)19(23)22-8-2-7-21(9-10-22)12-14-3-4-14/h5-6,11,14H,2-4,7-10,12H2,1H3. The van der Waals surface area contributed by atoms with Crippen molar-refractivity contribution >= 4 is 28.5 Å². The largest absolute Gasteiger partial charge is 0.451 e. The number of halogens is 1. The Balaban J connectivity index is 1.51. The minimum absolute atomic E-state index is 0.00749. The molecule has 128 valence electrons. The van der Waals surface area contributed by atoms with E-state index in [4.69, 9.17) is 16.0 Å². The lowest BCUT2D eigenvalue weighted by atomic mass is 10.1. The molecule has 4 rings (SSSR count). The SMILES string of the molecule is Cc1c(C(=O)N2CCCN(CC3CC3)CC2)oc2ccc(Cl)cc12. The van der Waals surface area contributed by atoms with E-state index in [0.717, 1.165) is 55.1 Å². The van der Waals surface area contributed by atoms with Crippen LogP contribution in [0.5, 0.6) is 0 Å². The second-order valence-electron chi connectivity index (χ2n) is 7.09. The van der Waals surface area contributed by atoms with Gasteiger partial charge in [0.15, 0.2) is 5.76 Å². The Morgan fingerprint density at radius 2 is 2.08 bits per heavy atom. The predicted molar refractivity (Wildman–Crippen MR) is 95.6 cm³/mol. The molecule has 0 spiro atoms. The van der Waals surface area contributed by atoms with Gasteiger partial charge in [-0.1, -0.05) is 11.6 Å². The number of rotatable bonds is 3. The number of hydrogen-bond donors (Lipinski definition) is 0. The number of nitrogens with zero attached hydrogens (tertiary/aromatic N) is 2. The van der Waals surface area contributed by atoms with E-state index in [2.05, 4.69) is 4.90 Å². The quantitative estimate of drug-likeness (QED) is 0.844. The number of fused-ring (bicyclic) bond motifs is 1. The van der Waals surface area contributed by atoms with Gasteiger partial charge in [-0.3, -0.25) is 4.79 Å². The first kappa shape index (κ1) is 16.0. The summed E-state index contributed by atoms with van der Waals surface area (Å²) >= 11 is 6.07. The zero-order chi connectivity index (χ0) is 16.7. The maximum atomic E-state index is 12.9. The normalized spacial score (nSPS) is 19.7. The molecule has 0 unspecified atom stereocenters. The molecule has 0 atom stereocenters. The summed E-state index contributed by atoms with van der Waals surface area (Å²) < 4.78 is 5.85. The van der Waals surface area contributed by atoms with E-state index in [1.807, 2.05) is 24.0 Å². The Morgan fingerprint density at radius 3 is 2.88 bits per heavy atom. The lowest BCUT2D eigenvalue weighted by Gasteiger charge is -2.21. The van der Waals surface area contributed by atoms with Gasteiger partial charge in [-0.05, 0) is 56.8 Å². The highest BCUT2D eigenvalue weighted by Crippen LogP contribution is 2.31. The van der Waals surface area contributed by atoms with Crippen LogP contribution < -0.4 is 0 Å². The second kappa shape index (κ2) is 6.41. The first-order valence-electron chi connectivity index (χ1n) is 8.82. The molecule has 1 saturated heterocycles. The Morgan fingerprint density at radius 1 is 1.25 bits per heavy atom. The van der Waals surface area contributed by atoms with Crippen LogP contribution in [-0.4, -0.2) is 48.4 Å². The van der Waals surface area contributed by atoms with Crippen LogP contribution in [0.25, 0.3) is 11.0 Å². The lowest BCUT2D eigenvalue weighted by Crippen LogP contribution is -2.35. The molecule has 1 aromatic carbocycles. The monoisotopic (exact) mass is 346 g/mol. The summed E-state index contributed by atoms with van der Waals surface area (Å²) in [5, 5.41) is 1.59. The minimum Gasteiger partial charge on any atom is -0.451 e. The number of carbonyl (C=O) groups is 1. The topological polar surface area (TPSA) is 36.7 Å². The highest BCUT2D eigenvalue weighted by molar-refractivity contribution is 6.31. The van der Waals surface area contributed by atoms with Gasteiger partial charge in [0.25, 0.3) is 5.91 Å². The molecule has 0 N–H and O–H groups in total. The number of carbonyl (C=O) groups excluding carboxylic acids is 1. The van der Waals surface area contributed by atoms with Crippen molar-refractivity contribution in [2.24, 2.45) is 5.92 Å². The summed E-state index contributed by atoms with van der Waals surface area (Å²) in [6.07, 6.45) is 3.78. The molecule has 2 aromatic rings. The first-order valence-corrected chi connectivity index (χ1v) is 9.20. The van der Waals surface area contributed by atoms with Crippen molar-refractivity contribution in [3.63, 3.8) is 0 Å². The van der Waals surface area contributed by atoms with Crippen molar-refractivity contribution in [2.75, 3.05) is 32.7 Å². The van der Waals surface area contributed by atoms with Gasteiger partial charge in [0, 0.05) is 42.2 Å². The zero-order valence-electron chi connectivity index (χ0n) is 14.1. The minimum atomic E-state index is 0.00749. The summed E-state index contributed by atoms with van der Waals surface area (Å²) in [4.78, 5) is 17.4. The molecule has 1 aliphatic carbocycles. The Hall–Kier alpha value is -1.52. The Labute approximate surface area is 147 Å². The fourth-order valence-corrected chi connectivity index (χ4v) is 3.73.